The molecule has 0 aromatic heterocycles. The highest BCUT2D eigenvalue weighted by Crippen LogP contribution is 2.45. The summed E-state index contributed by atoms with van der Waals surface area (Å²) in [6.45, 7) is 0. The monoisotopic (exact) mass is 360 g/mol. The molecular formula is C14H9BrF4N2. The Kier molecular flexibility index (Phi) is 3.24. The van der Waals surface area contributed by atoms with Crippen molar-refractivity contribution < 1.29 is 17.6 Å². The molecule has 0 bridgehead atoms. The normalized spacial score (nSPS) is 23.9. The van der Waals surface area contributed by atoms with E-state index in [-0.39, 0.29) is 21.6 Å². The Hall–Kier alpha value is -1.55. The zero-order valence-corrected chi connectivity index (χ0v) is 12.1. The molecule has 7 heteroatoms. The zero-order valence-electron chi connectivity index (χ0n) is 10.6. The van der Waals surface area contributed by atoms with Crippen molar-refractivity contribution in [2.24, 2.45) is 10.9 Å². The van der Waals surface area contributed by atoms with Crippen LogP contribution in [0.2, 0.25) is 0 Å². The van der Waals surface area contributed by atoms with Gasteiger partial charge in [0.1, 0.15) is 5.82 Å². The Morgan fingerprint density at radius 2 is 2.05 bits per heavy atom. The van der Waals surface area contributed by atoms with Gasteiger partial charge in [-0.3, -0.25) is 0 Å². The molecular weight excluding hydrogens is 352 g/mol. The SMILES string of the molecule is Fc1cc2c(cc1Br)N=CN[C@@]2(C#CC1CC1)C(F)(F)F. The maximum absolute atomic E-state index is 13.7. The minimum Gasteiger partial charge on any atom is -0.349 e. The van der Waals surface area contributed by atoms with Gasteiger partial charge < -0.3 is 5.32 Å². The van der Waals surface area contributed by atoms with Crippen LogP contribution >= 0.6 is 15.9 Å². The van der Waals surface area contributed by atoms with Crippen molar-refractivity contribution in [3.05, 3.63) is 28.0 Å². The summed E-state index contributed by atoms with van der Waals surface area (Å²) < 4.78 is 54.6. The lowest BCUT2D eigenvalue weighted by Crippen LogP contribution is -2.53. The van der Waals surface area contributed by atoms with E-state index in [9.17, 15) is 17.6 Å². The number of hydrogen-bond acceptors (Lipinski definition) is 2. The molecule has 1 heterocycles. The van der Waals surface area contributed by atoms with Gasteiger partial charge in [0.2, 0.25) is 5.54 Å². The van der Waals surface area contributed by atoms with Crippen molar-refractivity contribution in [1.29, 1.82) is 0 Å². The number of halogens is 5. The Bertz CT molecular complexity index is 683. The van der Waals surface area contributed by atoms with Gasteiger partial charge in [0, 0.05) is 11.5 Å². The molecule has 1 fully saturated rings. The van der Waals surface area contributed by atoms with Crippen LogP contribution in [-0.4, -0.2) is 12.5 Å². The van der Waals surface area contributed by atoms with Gasteiger partial charge in [0.05, 0.1) is 16.5 Å². The fourth-order valence-electron chi connectivity index (χ4n) is 2.07. The van der Waals surface area contributed by atoms with Crippen LogP contribution in [0, 0.1) is 23.6 Å². The molecule has 2 nitrogen and oxygen atoms in total. The Labute approximate surface area is 126 Å². The van der Waals surface area contributed by atoms with E-state index in [1.54, 1.807) is 0 Å². The van der Waals surface area contributed by atoms with E-state index in [0.717, 1.165) is 25.2 Å². The van der Waals surface area contributed by atoms with Crippen LogP contribution in [0.15, 0.2) is 21.6 Å². The molecule has 2 aliphatic rings. The predicted octanol–water partition coefficient (Wildman–Crippen LogP) is 4.02. The summed E-state index contributed by atoms with van der Waals surface area (Å²) in [6.07, 6.45) is -2.13. The van der Waals surface area contributed by atoms with Crippen molar-refractivity contribution in [3.8, 4) is 11.8 Å². The third-order valence-corrected chi connectivity index (χ3v) is 4.00. The summed E-state index contributed by atoms with van der Waals surface area (Å²) in [5.74, 6) is 4.11. The van der Waals surface area contributed by atoms with E-state index in [1.165, 1.54) is 6.07 Å². The quantitative estimate of drug-likeness (QED) is 0.548. The third-order valence-electron chi connectivity index (χ3n) is 3.39. The number of aliphatic imine (C=N–C) groups is 1. The second-order valence-corrected chi connectivity index (χ2v) is 5.83. The molecule has 1 aliphatic carbocycles. The second kappa shape index (κ2) is 4.73. The maximum Gasteiger partial charge on any atom is 0.427 e. The minimum atomic E-state index is -4.70. The number of nitrogens with zero attached hydrogens (tertiary/aromatic N) is 1. The first-order chi connectivity index (χ1) is 9.83. The van der Waals surface area contributed by atoms with Crippen molar-refractivity contribution in [2.45, 2.75) is 24.6 Å². The van der Waals surface area contributed by atoms with E-state index in [4.69, 9.17) is 0 Å². The summed E-state index contributed by atoms with van der Waals surface area (Å²) in [7, 11) is 0. The molecule has 3 rings (SSSR count). The van der Waals surface area contributed by atoms with Crippen LogP contribution in [0.5, 0.6) is 0 Å². The van der Waals surface area contributed by atoms with E-state index in [0.29, 0.717) is 0 Å². The van der Waals surface area contributed by atoms with Gasteiger partial charge in [-0.1, -0.05) is 11.8 Å². The third kappa shape index (κ3) is 2.42. The number of benzene rings is 1. The molecule has 110 valence electrons. The average molecular weight is 361 g/mol. The Morgan fingerprint density at radius 1 is 1.33 bits per heavy atom. The molecule has 1 atom stereocenters. The zero-order chi connectivity index (χ0) is 15.3. The summed E-state index contributed by atoms with van der Waals surface area (Å²) in [6, 6.07) is 2.05. The molecule has 1 N–H and O–H groups in total. The Morgan fingerprint density at radius 3 is 2.67 bits per heavy atom. The van der Waals surface area contributed by atoms with Gasteiger partial charge in [-0.25, -0.2) is 9.38 Å². The highest BCUT2D eigenvalue weighted by atomic mass is 79.9. The molecule has 1 aliphatic heterocycles. The maximum atomic E-state index is 13.7. The molecule has 0 saturated heterocycles. The van der Waals surface area contributed by atoms with Crippen LogP contribution in [0.4, 0.5) is 23.2 Å². The van der Waals surface area contributed by atoms with Gasteiger partial charge >= 0.3 is 6.18 Å². The number of alkyl halides is 3. The van der Waals surface area contributed by atoms with Gasteiger partial charge in [0.25, 0.3) is 0 Å². The summed E-state index contributed by atoms with van der Waals surface area (Å²) in [5.41, 5.74) is -2.88. The topological polar surface area (TPSA) is 24.4 Å². The van der Waals surface area contributed by atoms with Gasteiger partial charge in [-0.2, -0.15) is 13.2 Å². The van der Waals surface area contributed by atoms with E-state index in [1.807, 2.05) is 0 Å². The average Bonchev–Trinajstić information content (AvgIpc) is 3.20. The van der Waals surface area contributed by atoms with Crippen LogP contribution < -0.4 is 5.32 Å². The molecule has 0 spiro atoms. The van der Waals surface area contributed by atoms with Crippen molar-refractivity contribution in [3.63, 3.8) is 0 Å². The predicted molar refractivity (Wildman–Crippen MR) is 73.6 cm³/mol. The largest absolute Gasteiger partial charge is 0.427 e. The molecule has 1 aromatic rings. The highest BCUT2D eigenvalue weighted by Gasteiger charge is 2.57. The molecule has 0 radical (unpaired) electrons. The molecule has 1 aromatic carbocycles. The van der Waals surface area contributed by atoms with Crippen molar-refractivity contribution >= 4 is 28.0 Å². The first-order valence-electron chi connectivity index (χ1n) is 6.23. The summed E-state index contributed by atoms with van der Waals surface area (Å²) >= 11 is 2.95. The number of fused-ring (bicyclic) bond motifs is 1. The molecule has 0 amide bonds. The molecule has 1 saturated carbocycles. The number of hydrogen-bond donors (Lipinski definition) is 1. The van der Waals surface area contributed by atoms with Crippen LogP contribution in [0.1, 0.15) is 18.4 Å². The summed E-state index contributed by atoms with van der Waals surface area (Å²) in [5, 5.41) is 2.19. The van der Waals surface area contributed by atoms with E-state index < -0.39 is 17.5 Å². The Balaban J connectivity index is 2.21. The minimum absolute atomic E-state index is 0.00589. The van der Waals surface area contributed by atoms with E-state index >= 15 is 0 Å². The summed E-state index contributed by atoms with van der Waals surface area (Å²) in [4.78, 5) is 3.85. The van der Waals surface area contributed by atoms with Gasteiger partial charge in [-0.05, 0) is 40.9 Å². The molecule has 0 unspecified atom stereocenters. The number of rotatable bonds is 0. The van der Waals surface area contributed by atoms with Gasteiger partial charge in [0.15, 0.2) is 0 Å². The lowest BCUT2D eigenvalue weighted by molar-refractivity contribution is -0.177. The fraction of sp³-hybridized carbons (Fsp3) is 0.357. The number of nitrogens with one attached hydrogen (secondary N) is 1. The first-order valence-corrected chi connectivity index (χ1v) is 7.02. The fourth-order valence-corrected chi connectivity index (χ4v) is 2.40. The second-order valence-electron chi connectivity index (χ2n) is 4.98. The molecule has 21 heavy (non-hydrogen) atoms. The lowest BCUT2D eigenvalue weighted by Gasteiger charge is -2.34. The van der Waals surface area contributed by atoms with Crippen LogP contribution in [0.25, 0.3) is 0 Å². The highest BCUT2D eigenvalue weighted by molar-refractivity contribution is 9.10. The van der Waals surface area contributed by atoms with Crippen molar-refractivity contribution in [2.75, 3.05) is 0 Å². The standard InChI is InChI=1S/C14H9BrF4N2/c15-10-6-12-9(5-11(10)16)13(14(17,18)19,21-7-20-12)4-3-8-1-2-8/h5-8H,1-2H2,(H,20,21)/t13-/m1/s1. The van der Waals surface area contributed by atoms with Crippen LogP contribution in [0.3, 0.4) is 0 Å². The van der Waals surface area contributed by atoms with E-state index in [2.05, 4.69) is 38.1 Å². The van der Waals surface area contributed by atoms with Gasteiger partial charge in [-0.15, -0.1) is 0 Å². The first kappa shape index (κ1) is 14.4. The van der Waals surface area contributed by atoms with Crippen molar-refractivity contribution in [1.82, 2.24) is 5.32 Å². The van der Waals surface area contributed by atoms with Crippen LogP contribution in [-0.2, 0) is 5.54 Å². The lowest BCUT2D eigenvalue weighted by atomic mass is 9.87. The smallest absolute Gasteiger partial charge is 0.349 e.